The predicted molar refractivity (Wildman–Crippen MR) is 114 cm³/mol. The van der Waals surface area contributed by atoms with E-state index in [0.29, 0.717) is 24.6 Å². The number of rotatable bonds is 7. The van der Waals surface area contributed by atoms with E-state index in [4.69, 9.17) is 9.84 Å². The topological polar surface area (TPSA) is 73.4 Å². The predicted octanol–water partition coefficient (Wildman–Crippen LogP) is 3.32. The third-order valence-corrected chi connectivity index (χ3v) is 6.43. The van der Waals surface area contributed by atoms with Crippen molar-refractivity contribution in [3.8, 4) is 5.75 Å². The Labute approximate surface area is 170 Å². The molecule has 29 heavy (non-hydrogen) atoms. The van der Waals surface area contributed by atoms with Crippen molar-refractivity contribution in [2.45, 2.75) is 38.4 Å². The van der Waals surface area contributed by atoms with E-state index in [0.717, 1.165) is 35.3 Å². The molecular formula is C23H28N4O2. The second kappa shape index (κ2) is 7.69. The zero-order valence-electron chi connectivity index (χ0n) is 16.8. The van der Waals surface area contributed by atoms with Gasteiger partial charge in [0.2, 0.25) is 0 Å². The van der Waals surface area contributed by atoms with Gasteiger partial charge < -0.3 is 15.2 Å². The highest BCUT2D eigenvalue weighted by Gasteiger charge is 2.44. The smallest absolute Gasteiger partial charge is 0.122 e. The van der Waals surface area contributed by atoms with E-state index in [2.05, 4.69) is 56.8 Å². The standard InChI is InChI=1S/C23H28N4O2/c1-15-2-3-16(8-23(15)29-7-6-28)13-27-14-18-10-20(27)11-22(18)25-19-4-5-21-17(9-19)12-24-26-21/h2-5,8-9,12,18,20,22,25,28H,6-7,10-11,13-14H2,1H3,(H,24,26). The van der Waals surface area contributed by atoms with Crippen LogP contribution in [-0.2, 0) is 6.54 Å². The second-order valence-electron chi connectivity index (χ2n) is 8.41. The minimum absolute atomic E-state index is 0.0431. The first kappa shape index (κ1) is 18.5. The number of aliphatic hydroxyl groups is 1. The largest absolute Gasteiger partial charge is 0.491 e. The van der Waals surface area contributed by atoms with Gasteiger partial charge in [0.1, 0.15) is 12.4 Å². The van der Waals surface area contributed by atoms with Crippen molar-refractivity contribution in [2.75, 3.05) is 25.1 Å². The van der Waals surface area contributed by atoms with E-state index in [1.807, 2.05) is 13.1 Å². The Morgan fingerprint density at radius 3 is 3.00 bits per heavy atom. The molecule has 2 fully saturated rings. The fraction of sp³-hybridized carbons (Fsp3) is 0.435. The normalized spacial score (nSPS) is 23.7. The number of nitrogens with one attached hydrogen (secondary N) is 2. The van der Waals surface area contributed by atoms with Crippen molar-refractivity contribution in [1.29, 1.82) is 0 Å². The highest BCUT2D eigenvalue weighted by atomic mass is 16.5. The van der Waals surface area contributed by atoms with E-state index >= 15 is 0 Å². The molecule has 2 heterocycles. The zero-order valence-corrected chi connectivity index (χ0v) is 16.8. The van der Waals surface area contributed by atoms with Crippen LogP contribution in [0, 0.1) is 12.8 Å². The lowest BCUT2D eigenvalue weighted by Gasteiger charge is -2.32. The number of piperidine rings is 1. The number of aromatic amines is 1. The molecule has 1 saturated heterocycles. The van der Waals surface area contributed by atoms with Crippen LogP contribution in [0.1, 0.15) is 24.0 Å². The van der Waals surface area contributed by atoms with Crippen molar-refractivity contribution >= 4 is 16.6 Å². The molecule has 2 bridgehead atoms. The minimum atomic E-state index is 0.0431. The summed E-state index contributed by atoms with van der Waals surface area (Å²) in [5, 5.41) is 21.1. The van der Waals surface area contributed by atoms with Crippen LogP contribution < -0.4 is 10.1 Å². The molecule has 2 aromatic carbocycles. The maximum absolute atomic E-state index is 9.02. The Morgan fingerprint density at radius 2 is 2.17 bits per heavy atom. The molecule has 6 nitrogen and oxygen atoms in total. The Balaban J connectivity index is 1.21. The summed E-state index contributed by atoms with van der Waals surface area (Å²) in [6.07, 6.45) is 4.34. The van der Waals surface area contributed by atoms with Crippen molar-refractivity contribution in [3.63, 3.8) is 0 Å². The third kappa shape index (κ3) is 3.70. The number of benzene rings is 2. The molecule has 0 amide bonds. The molecule has 1 aliphatic heterocycles. The van der Waals surface area contributed by atoms with Gasteiger partial charge in [-0.1, -0.05) is 12.1 Å². The summed E-state index contributed by atoms with van der Waals surface area (Å²) >= 11 is 0. The van der Waals surface area contributed by atoms with Gasteiger partial charge in [-0.15, -0.1) is 0 Å². The van der Waals surface area contributed by atoms with Gasteiger partial charge in [-0.2, -0.15) is 5.10 Å². The van der Waals surface area contributed by atoms with Crippen LogP contribution in [0.5, 0.6) is 5.75 Å². The minimum Gasteiger partial charge on any atom is -0.491 e. The van der Waals surface area contributed by atoms with E-state index < -0.39 is 0 Å². The fourth-order valence-electron chi connectivity index (χ4n) is 4.95. The number of aliphatic hydroxyl groups excluding tert-OH is 1. The summed E-state index contributed by atoms with van der Waals surface area (Å²) in [6, 6.07) is 14.0. The molecule has 3 aromatic rings. The van der Waals surface area contributed by atoms with Crippen molar-refractivity contribution in [1.82, 2.24) is 15.1 Å². The summed E-state index contributed by atoms with van der Waals surface area (Å²) in [5.74, 6) is 1.57. The maximum atomic E-state index is 9.02. The molecule has 1 aliphatic carbocycles. The lowest BCUT2D eigenvalue weighted by Crippen LogP contribution is -2.40. The SMILES string of the molecule is Cc1ccc(CN2CC3CC2CC3Nc2ccc3[nH]ncc3c2)cc1OCCO. The van der Waals surface area contributed by atoms with Crippen molar-refractivity contribution in [2.24, 2.45) is 5.92 Å². The molecule has 2 aliphatic rings. The van der Waals surface area contributed by atoms with E-state index in [1.54, 1.807) is 0 Å². The Bertz CT molecular complexity index is 1000. The molecule has 3 N–H and O–H groups in total. The number of aromatic nitrogens is 2. The molecule has 6 heteroatoms. The first-order valence-corrected chi connectivity index (χ1v) is 10.5. The average Bonchev–Trinajstić information content (AvgIpc) is 3.44. The maximum Gasteiger partial charge on any atom is 0.122 e. The molecule has 5 rings (SSSR count). The number of fused-ring (bicyclic) bond motifs is 3. The Morgan fingerprint density at radius 1 is 1.24 bits per heavy atom. The number of anilines is 1. The van der Waals surface area contributed by atoms with Gasteiger partial charge in [0.15, 0.2) is 0 Å². The zero-order chi connectivity index (χ0) is 19.8. The van der Waals surface area contributed by atoms with Gasteiger partial charge in [-0.3, -0.25) is 10.00 Å². The van der Waals surface area contributed by atoms with Gasteiger partial charge >= 0.3 is 0 Å². The fourth-order valence-corrected chi connectivity index (χ4v) is 4.95. The highest BCUT2D eigenvalue weighted by molar-refractivity contribution is 5.81. The molecule has 0 radical (unpaired) electrons. The van der Waals surface area contributed by atoms with Crippen LogP contribution >= 0.6 is 0 Å². The number of likely N-dealkylation sites (tertiary alicyclic amines) is 1. The third-order valence-electron chi connectivity index (χ3n) is 6.43. The van der Waals surface area contributed by atoms with Crippen LogP contribution in [0.25, 0.3) is 10.9 Å². The van der Waals surface area contributed by atoms with Crippen molar-refractivity contribution in [3.05, 3.63) is 53.7 Å². The molecule has 3 unspecified atom stereocenters. The lowest BCUT2D eigenvalue weighted by atomic mass is 10.0. The second-order valence-corrected chi connectivity index (χ2v) is 8.41. The van der Waals surface area contributed by atoms with Gasteiger partial charge in [0.05, 0.1) is 18.3 Å². The number of nitrogens with zero attached hydrogens (tertiary/aromatic N) is 2. The lowest BCUT2D eigenvalue weighted by molar-refractivity contribution is 0.194. The van der Waals surface area contributed by atoms with Crippen LogP contribution in [0.15, 0.2) is 42.6 Å². The van der Waals surface area contributed by atoms with Crippen LogP contribution in [0.4, 0.5) is 5.69 Å². The number of hydrogen-bond acceptors (Lipinski definition) is 5. The monoisotopic (exact) mass is 392 g/mol. The number of aryl methyl sites for hydroxylation is 1. The summed E-state index contributed by atoms with van der Waals surface area (Å²) in [4.78, 5) is 2.61. The summed E-state index contributed by atoms with van der Waals surface area (Å²) in [5.41, 5.74) is 4.66. The summed E-state index contributed by atoms with van der Waals surface area (Å²) < 4.78 is 5.68. The number of H-pyrrole nitrogens is 1. The van der Waals surface area contributed by atoms with E-state index in [-0.39, 0.29) is 6.61 Å². The number of ether oxygens (including phenoxy) is 1. The quantitative estimate of drug-likeness (QED) is 0.575. The molecule has 1 aromatic heterocycles. The van der Waals surface area contributed by atoms with Gasteiger partial charge in [-0.05, 0) is 61.1 Å². The molecule has 1 saturated carbocycles. The van der Waals surface area contributed by atoms with Crippen LogP contribution in [0.3, 0.4) is 0 Å². The van der Waals surface area contributed by atoms with Gasteiger partial charge in [0, 0.05) is 36.2 Å². The van der Waals surface area contributed by atoms with E-state index in [1.165, 1.54) is 24.1 Å². The number of hydrogen-bond donors (Lipinski definition) is 3. The van der Waals surface area contributed by atoms with Crippen LogP contribution in [0.2, 0.25) is 0 Å². The summed E-state index contributed by atoms with van der Waals surface area (Å²) in [7, 11) is 0. The highest BCUT2D eigenvalue weighted by Crippen LogP contribution is 2.40. The molecule has 152 valence electrons. The molecule has 3 atom stereocenters. The van der Waals surface area contributed by atoms with Crippen LogP contribution in [-0.4, -0.2) is 52.0 Å². The van der Waals surface area contributed by atoms with Gasteiger partial charge in [0.25, 0.3) is 0 Å². The summed E-state index contributed by atoms with van der Waals surface area (Å²) in [6.45, 7) is 4.53. The molecule has 0 spiro atoms. The first-order valence-electron chi connectivity index (χ1n) is 10.5. The van der Waals surface area contributed by atoms with Gasteiger partial charge in [-0.25, -0.2) is 0 Å². The average molecular weight is 393 g/mol. The van der Waals surface area contributed by atoms with E-state index in [9.17, 15) is 0 Å². The van der Waals surface area contributed by atoms with Crippen molar-refractivity contribution < 1.29 is 9.84 Å². The first-order chi connectivity index (χ1) is 14.2. The Hall–Kier alpha value is -2.57. The molecular weight excluding hydrogens is 364 g/mol. The Kier molecular flexibility index (Phi) is 4.89.